The average molecular weight is 309 g/mol. The smallest absolute Gasteiger partial charge is 0.223 e. The summed E-state index contributed by atoms with van der Waals surface area (Å²) in [6, 6.07) is 1.68. The Morgan fingerprint density at radius 1 is 1.33 bits per heavy atom. The summed E-state index contributed by atoms with van der Waals surface area (Å²) in [6.07, 6.45) is 2.05. The van der Waals surface area contributed by atoms with Crippen molar-refractivity contribution in [3.63, 3.8) is 0 Å². The van der Waals surface area contributed by atoms with Crippen molar-refractivity contribution >= 4 is 23.4 Å². The van der Waals surface area contributed by atoms with E-state index in [1.165, 1.54) is 0 Å². The standard InChI is InChI=1S/C14H21ClN6/c1-8(17-12-6-11(15)18-13(16)19-12)10-7-21(14(3,4)5)20-9(10)2/h6-8H,1-5H3,(H3,16,17,18,19). The maximum absolute atomic E-state index is 5.89. The van der Waals surface area contributed by atoms with Gasteiger partial charge in [0.05, 0.1) is 17.3 Å². The van der Waals surface area contributed by atoms with Crippen molar-refractivity contribution in [2.24, 2.45) is 0 Å². The second-order valence-corrected chi connectivity index (χ2v) is 6.47. The number of nitrogens with one attached hydrogen (secondary N) is 1. The molecule has 0 aliphatic carbocycles. The van der Waals surface area contributed by atoms with Crippen molar-refractivity contribution in [2.45, 2.75) is 46.2 Å². The van der Waals surface area contributed by atoms with Crippen LogP contribution in [0.5, 0.6) is 0 Å². The maximum Gasteiger partial charge on any atom is 0.223 e. The van der Waals surface area contributed by atoms with E-state index in [2.05, 4.69) is 47.4 Å². The molecule has 0 aromatic carbocycles. The summed E-state index contributed by atoms with van der Waals surface area (Å²) in [5, 5.41) is 8.17. The quantitative estimate of drug-likeness (QED) is 0.851. The molecule has 7 heteroatoms. The summed E-state index contributed by atoms with van der Waals surface area (Å²) in [6.45, 7) is 10.4. The van der Waals surface area contributed by atoms with Crippen LogP contribution in [0, 0.1) is 6.92 Å². The van der Waals surface area contributed by atoms with E-state index in [-0.39, 0.29) is 17.5 Å². The molecule has 2 aromatic heterocycles. The second kappa shape index (κ2) is 5.52. The first-order valence-corrected chi connectivity index (χ1v) is 7.18. The minimum atomic E-state index is -0.0502. The highest BCUT2D eigenvalue weighted by atomic mass is 35.5. The molecule has 2 aromatic rings. The van der Waals surface area contributed by atoms with Gasteiger partial charge < -0.3 is 11.1 Å². The van der Waals surface area contributed by atoms with Crippen LogP contribution in [0.4, 0.5) is 11.8 Å². The number of anilines is 2. The highest BCUT2D eigenvalue weighted by molar-refractivity contribution is 6.29. The number of nitrogen functional groups attached to an aromatic ring is 1. The van der Waals surface area contributed by atoms with E-state index in [1.807, 2.05) is 18.5 Å². The fraction of sp³-hybridized carbons (Fsp3) is 0.500. The summed E-state index contributed by atoms with van der Waals surface area (Å²) in [7, 11) is 0. The predicted molar refractivity (Wildman–Crippen MR) is 85.5 cm³/mol. The van der Waals surface area contributed by atoms with Crippen LogP contribution in [0.3, 0.4) is 0 Å². The number of nitrogens with zero attached hydrogens (tertiary/aromatic N) is 4. The molecule has 0 radical (unpaired) electrons. The number of aryl methyl sites for hydroxylation is 1. The van der Waals surface area contributed by atoms with E-state index in [4.69, 9.17) is 17.3 Å². The molecule has 2 rings (SSSR count). The molecule has 1 unspecified atom stereocenters. The van der Waals surface area contributed by atoms with Crippen molar-refractivity contribution in [3.05, 3.63) is 28.7 Å². The fourth-order valence-corrected chi connectivity index (χ4v) is 2.24. The highest BCUT2D eigenvalue weighted by Crippen LogP contribution is 2.24. The maximum atomic E-state index is 5.89. The molecular weight excluding hydrogens is 288 g/mol. The van der Waals surface area contributed by atoms with Gasteiger partial charge in [0.1, 0.15) is 11.0 Å². The van der Waals surface area contributed by atoms with Crippen LogP contribution in [0.15, 0.2) is 12.3 Å². The lowest BCUT2D eigenvalue weighted by atomic mass is 10.1. The second-order valence-electron chi connectivity index (χ2n) is 6.09. The van der Waals surface area contributed by atoms with Gasteiger partial charge in [0.15, 0.2) is 0 Å². The van der Waals surface area contributed by atoms with Crippen molar-refractivity contribution in [1.29, 1.82) is 0 Å². The molecule has 0 aliphatic rings. The summed E-state index contributed by atoms with van der Waals surface area (Å²) in [4.78, 5) is 7.97. The lowest BCUT2D eigenvalue weighted by Gasteiger charge is -2.19. The largest absolute Gasteiger partial charge is 0.368 e. The third-order valence-electron chi connectivity index (χ3n) is 3.17. The Kier molecular flexibility index (Phi) is 4.09. The number of aromatic nitrogens is 4. The number of halogens is 1. The van der Waals surface area contributed by atoms with Crippen molar-refractivity contribution in [3.8, 4) is 0 Å². The lowest BCUT2D eigenvalue weighted by Crippen LogP contribution is -2.22. The lowest BCUT2D eigenvalue weighted by molar-refractivity contribution is 0.354. The zero-order valence-electron chi connectivity index (χ0n) is 13.0. The Morgan fingerprint density at radius 2 is 2.00 bits per heavy atom. The molecule has 2 heterocycles. The van der Waals surface area contributed by atoms with Crippen LogP contribution >= 0.6 is 11.6 Å². The molecule has 6 nitrogen and oxygen atoms in total. The van der Waals surface area contributed by atoms with E-state index in [0.717, 1.165) is 11.3 Å². The average Bonchev–Trinajstić information content (AvgIpc) is 2.69. The summed E-state index contributed by atoms with van der Waals surface area (Å²) < 4.78 is 1.97. The molecule has 3 N–H and O–H groups in total. The van der Waals surface area contributed by atoms with Crippen molar-refractivity contribution in [2.75, 3.05) is 11.1 Å². The molecule has 21 heavy (non-hydrogen) atoms. The third kappa shape index (κ3) is 3.64. The molecule has 0 bridgehead atoms. The van der Waals surface area contributed by atoms with Gasteiger partial charge in [-0.3, -0.25) is 4.68 Å². The topological polar surface area (TPSA) is 81.7 Å². The first-order valence-electron chi connectivity index (χ1n) is 6.80. The summed E-state index contributed by atoms with van der Waals surface area (Å²) >= 11 is 5.89. The summed E-state index contributed by atoms with van der Waals surface area (Å²) in [5.41, 5.74) is 7.65. The van der Waals surface area contributed by atoms with Crippen LogP contribution in [0.2, 0.25) is 5.15 Å². The number of nitrogens with two attached hydrogens (primary N) is 1. The fourth-order valence-electron chi connectivity index (χ4n) is 2.05. The normalized spacial score (nSPS) is 13.2. The van der Waals surface area contributed by atoms with Crippen LogP contribution in [-0.2, 0) is 5.54 Å². The molecule has 1 atom stereocenters. The van der Waals surface area contributed by atoms with Gasteiger partial charge in [-0.2, -0.15) is 10.1 Å². The van der Waals surface area contributed by atoms with Crippen LogP contribution in [-0.4, -0.2) is 19.7 Å². The minimum absolute atomic E-state index is 0.0338. The first kappa shape index (κ1) is 15.6. The molecule has 0 aliphatic heterocycles. The Balaban J connectivity index is 2.24. The van der Waals surface area contributed by atoms with E-state index in [9.17, 15) is 0 Å². The minimum Gasteiger partial charge on any atom is -0.368 e. The third-order valence-corrected chi connectivity index (χ3v) is 3.36. The number of hydrogen-bond donors (Lipinski definition) is 2. The van der Waals surface area contributed by atoms with E-state index in [1.54, 1.807) is 6.07 Å². The SMILES string of the molecule is Cc1nn(C(C)(C)C)cc1C(C)Nc1cc(Cl)nc(N)n1. The Morgan fingerprint density at radius 3 is 2.52 bits per heavy atom. The molecule has 0 fully saturated rings. The monoisotopic (exact) mass is 308 g/mol. The molecule has 0 saturated heterocycles. The first-order chi connectivity index (χ1) is 9.66. The summed E-state index contributed by atoms with van der Waals surface area (Å²) in [5.74, 6) is 0.752. The Labute approximate surface area is 129 Å². The van der Waals surface area contributed by atoms with Gasteiger partial charge in [-0.15, -0.1) is 0 Å². The highest BCUT2D eigenvalue weighted by Gasteiger charge is 2.19. The van der Waals surface area contributed by atoms with Gasteiger partial charge in [0.25, 0.3) is 0 Å². The van der Waals surface area contributed by atoms with E-state index >= 15 is 0 Å². The zero-order valence-corrected chi connectivity index (χ0v) is 13.7. The van der Waals surface area contributed by atoms with Crippen molar-refractivity contribution in [1.82, 2.24) is 19.7 Å². The van der Waals surface area contributed by atoms with Crippen LogP contribution in [0.1, 0.15) is 45.0 Å². The van der Waals surface area contributed by atoms with Gasteiger partial charge >= 0.3 is 0 Å². The number of hydrogen-bond acceptors (Lipinski definition) is 5. The molecule has 0 saturated carbocycles. The van der Waals surface area contributed by atoms with Gasteiger partial charge in [0.2, 0.25) is 5.95 Å². The molecule has 0 amide bonds. The van der Waals surface area contributed by atoms with Crippen LogP contribution < -0.4 is 11.1 Å². The van der Waals surface area contributed by atoms with Gasteiger partial charge in [-0.1, -0.05) is 11.6 Å². The molecular formula is C14H21ClN6. The van der Waals surface area contributed by atoms with Gasteiger partial charge in [-0.05, 0) is 34.6 Å². The van der Waals surface area contributed by atoms with E-state index < -0.39 is 0 Å². The number of rotatable bonds is 3. The van der Waals surface area contributed by atoms with Crippen molar-refractivity contribution < 1.29 is 0 Å². The van der Waals surface area contributed by atoms with Gasteiger partial charge in [0, 0.05) is 17.8 Å². The zero-order chi connectivity index (χ0) is 15.8. The Bertz CT molecular complexity index is 623. The van der Waals surface area contributed by atoms with E-state index in [0.29, 0.717) is 11.0 Å². The predicted octanol–water partition coefficient (Wildman–Crippen LogP) is 3.15. The van der Waals surface area contributed by atoms with Gasteiger partial charge in [-0.25, -0.2) is 4.98 Å². The van der Waals surface area contributed by atoms with Crippen LogP contribution in [0.25, 0.3) is 0 Å². The Hall–Kier alpha value is -1.82. The molecule has 0 spiro atoms. The molecule has 114 valence electrons.